The Labute approximate surface area is 180 Å². The standard InChI is InChI=1S/C24H25ClN4O/c1-15-22-23(20-6-5-18(25)14-21(20)27-15)29(12-9-16-7-10-26-11-8-16)24(28-22)17-3-2-4-19(30)13-17/h2-6,13-14,16,26,30H,7-12H2,1H3. The number of pyridine rings is 1. The number of phenols is 1. The van der Waals surface area contributed by atoms with Crippen molar-refractivity contribution in [1.82, 2.24) is 19.9 Å². The molecule has 2 aromatic heterocycles. The first-order valence-electron chi connectivity index (χ1n) is 10.6. The van der Waals surface area contributed by atoms with Gasteiger partial charge in [-0.2, -0.15) is 0 Å². The Morgan fingerprint density at radius 2 is 1.97 bits per heavy atom. The van der Waals surface area contributed by atoms with Crippen LogP contribution in [0.3, 0.4) is 0 Å². The molecule has 154 valence electrons. The lowest BCUT2D eigenvalue weighted by molar-refractivity contribution is 0.340. The number of imidazole rings is 1. The van der Waals surface area contributed by atoms with Crippen molar-refractivity contribution in [3.8, 4) is 17.1 Å². The van der Waals surface area contributed by atoms with Gasteiger partial charge in [0.1, 0.15) is 17.1 Å². The molecule has 3 heterocycles. The number of hydrogen-bond acceptors (Lipinski definition) is 4. The molecular formula is C24H25ClN4O. The Balaban J connectivity index is 1.71. The molecular weight excluding hydrogens is 396 g/mol. The van der Waals surface area contributed by atoms with E-state index in [2.05, 4.69) is 9.88 Å². The van der Waals surface area contributed by atoms with Crippen LogP contribution in [0.2, 0.25) is 5.02 Å². The topological polar surface area (TPSA) is 63.0 Å². The van der Waals surface area contributed by atoms with Crippen LogP contribution in [0.5, 0.6) is 5.75 Å². The van der Waals surface area contributed by atoms with E-state index >= 15 is 0 Å². The average Bonchev–Trinajstić information content (AvgIpc) is 3.13. The van der Waals surface area contributed by atoms with Gasteiger partial charge in [-0.05, 0) is 75.5 Å². The van der Waals surface area contributed by atoms with E-state index in [9.17, 15) is 5.11 Å². The molecule has 0 atom stereocenters. The minimum Gasteiger partial charge on any atom is -0.508 e. The molecule has 0 radical (unpaired) electrons. The van der Waals surface area contributed by atoms with Gasteiger partial charge < -0.3 is 15.0 Å². The predicted octanol–water partition coefficient (Wildman–Crippen LogP) is 5.31. The number of nitrogens with one attached hydrogen (secondary N) is 1. The summed E-state index contributed by atoms with van der Waals surface area (Å²) >= 11 is 6.25. The SMILES string of the molecule is Cc1nc2cc(Cl)ccc2c2c1nc(-c1cccc(O)c1)n2CCC1CCNCC1. The molecule has 4 aromatic rings. The van der Waals surface area contributed by atoms with Crippen molar-refractivity contribution in [2.75, 3.05) is 13.1 Å². The van der Waals surface area contributed by atoms with Crippen LogP contribution < -0.4 is 5.32 Å². The Hall–Kier alpha value is -2.63. The highest BCUT2D eigenvalue weighted by atomic mass is 35.5. The van der Waals surface area contributed by atoms with Gasteiger partial charge in [0.05, 0.1) is 16.7 Å². The van der Waals surface area contributed by atoms with Crippen molar-refractivity contribution in [3.05, 3.63) is 53.2 Å². The van der Waals surface area contributed by atoms with Crippen LogP contribution in [0.1, 0.15) is 25.0 Å². The van der Waals surface area contributed by atoms with E-state index in [-0.39, 0.29) is 5.75 Å². The lowest BCUT2D eigenvalue weighted by Crippen LogP contribution is -2.28. The largest absolute Gasteiger partial charge is 0.508 e. The van der Waals surface area contributed by atoms with Crippen molar-refractivity contribution in [1.29, 1.82) is 0 Å². The van der Waals surface area contributed by atoms with Crippen molar-refractivity contribution in [3.63, 3.8) is 0 Å². The zero-order chi connectivity index (χ0) is 20.7. The molecule has 0 unspecified atom stereocenters. The number of aryl methyl sites for hydroxylation is 2. The van der Waals surface area contributed by atoms with Gasteiger partial charge in [-0.1, -0.05) is 23.7 Å². The first-order chi connectivity index (χ1) is 14.6. The molecule has 5 rings (SSSR count). The summed E-state index contributed by atoms with van der Waals surface area (Å²) < 4.78 is 2.32. The Kier molecular flexibility index (Phi) is 5.09. The molecule has 0 aliphatic carbocycles. The number of aromatic hydroxyl groups is 1. The highest BCUT2D eigenvalue weighted by Gasteiger charge is 2.20. The van der Waals surface area contributed by atoms with Gasteiger partial charge in [-0.25, -0.2) is 4.98 Å². The van der Waals surface area contributed by atoms with E-state index in [1.807, 2.05) is 37.3 Å². The molecule has 2 N–H and O–H groups in total. The number of aromatic nitrogens is 3. The summed E-state index contributed by atoms with van der Waals surface area (Å²) in [4.78, 5) is 9.77. The highest BCUT2D eigenvalue weighted by Crippen LogP contribution is 2.34. The molecule has 30 heavy (non-hydrogen) atoms. The second-order valence-corrected chi connectivity index (χ2v) is 8.61. The monoisotopic (exact) mass is 420 g/mol. The maximum Gasteiger partial charge on any atom is 0.141 e. The third-order valence-corrected chi connectivity index (χ3v) is 6.37. The molecule has 1 aliphatic rings. The van der Waals surface area contributed by atoms with Crippen LogP contribution in [0.25, 0.3) is 33.3 Å². The number of halogens is 1. The smallest absolute Gasteiger partial charge is 0.141 e. The summed E-state index contributed by atoms with van der Waals surface area (Å²) in [5.41, 5.74) is 4.70. The molecule has 0 spiro atoms. The third-order valence-electron chi connectivity index (χ3n) is 6.14. The number of rotatable bonds is 4. The molecule has 5 nitrogen and oxygen atoms in total. The fourth-order valence-corrected chi connectivity index (χ4v) is 4.74. The summed E-state index contributed by atoms with van der Waals surface area (Å²) in [6.07, 6.45) is 3.53. The number of piperidine rings is 1. The number of nitrogens with zero attached hydrogens (tertiary/aromatic N) is 3. The first kappa shape index (κ1) is 19.3. The fourth-order valence-electron chi connectivity index (χ4n) is 4.57. The van der Waals surface area contributed by atoms with Crippen LogP contribution in [0.15, 0.2) is 42.5 Å². The second-order valence-electron chi connectivity index (χ2n) is 8.18. The lowest BCUT2D eigenvalue weighted by atomic mass is 9.94. The zero-order valence-electron chi connectivity index (χ0n) is 17.0. The minimum atomic E-state index is 0.246. The number of benzene rings is 2. The Bertz CT molecular complexity index is 1230. The molecule has 2 aromatic carbocycles. The van der Waals surface area contributed by atoms with E-state index in [0.717, 1.165) is 65.1 Å². The molecule has 1 saturated heterocycles. The third kappa shape index (κ3) is 3.53. The predicted molar refractivity (Wildman–Crippen MR) is 122 cm³/mol. The quantitative estimate of drug-likeness (QED) is 0.469. The summed E-state index contributed by atoms with van der Waals surface area (Å²) in [6, 6.07) is 13.2. The number of phenolic OH excluding ortho intramolecular Hbond substituents is 1. The summed E-state index contributed by atoms with van der Waals surface area (Å²) in [5.74, 6) is 1.84. The maximum atomic E-state index is 10.1. The fraction of sp³-hybridized carbons (Fsp3) is 0.333. The minimum absolute atomic E-state index is 0.246. The lowest BCUT2D eigenvalue weighted by Gasteiger charge is -2.23. The van der Waals surface area contributed by atoms with Crippen LogP contribution in [0, 0.1) is 12.8 Å². The summed E-state index contributed by atoms with van der Waals surface area (Å²) in [5, 5.41) is 15.3. The van der Waals surface area contributed by atoms with Gasteiger partial charge in [-0.15, -0.1) is 0 Å². The summed E-state index contributed by atoms with van der Waals surface area (Å²) in [7, 11) is 0. The van der Waals surface area contributed by atoms with Crippen LogP contribution >= 0.6 is 11.6 Å². The average molecular weight is 421 g/mol. The van der Waals surface area contributed by atoms with Crippen molar-refractivity contribution >= 4 is 33.5 Å². The van der Waals surface area contributed by atoms with Gasteiger partial charge in [0.15, 0.2) is 0 Å². The van der Waals surface area contributed by atoms with E-state index in [1.54, 1.807) is 12.1 Å². The van der Waals surface area contributed by atoms with E-state index in [4.69, 9.17) is 21.6 Å². The number of fused-ring (bicyclic) bond motifs is 3. The molecule has 1 aliphatic heterocycles. The van der Waals surface area contributed by atoms with Gasteiger partial charge in [-0.3, -0.25) is 4.98 Å². The van der Waals surface area contributed by atoms with E-state index < -0.39 is 0 Å². The van der Waals surface area contributed by atoms with Gasteiger partial charge >= 0.3 is 0 Å². The molecule has 0 bridgehead atoms. The second kappa shape index (κ2) is 7.89. The van der Waals surface area contributed by atoms with Gasteiger partial charge in [0, 0.05) is 22.5 Å². The molecule has 6 heteroatoms. The molecule has 1 fully saturated rings. The van der Waals surface area contributed by atoms with Gasteiger partial charge in [0.2, 0.25) is 0 Å². The van der Waals surface area contributed by atoms with Crippen LogP contribution in [-0.4, -0.2) is 32.7 Å². The van der Waals surface area contributed by atoms with Gasteiger partial charge in [0.25, 0.3) is 0 Å². The van der Waals surface area contributed by atoms with Crippen LogP contribution in [-0.2, 0) is 6.54 Å². The van der Waals surface area contributed by atoms with Crippen molar-refractivity contribution in [2.45, 2.75) is 32.7 Å². The van der Waals surface area contributed by atoms with E-state index in [0.29, 0.717) is 10.9 Å². The van der Waals surface area contributed by atoms with E-state index in [1.165, 1.54) is 12.8 Å². The van der Waals surface area contributed by atoms with Crippen molar-refractivity contribution < 1.29 is 5.11 Å². The maximum absolute atomic E-state index is 10.1. The summed E-state index contributed by atoms with van der Waals surface area (Å²) in [6.45, 7) is 5.07. The molecule has 0 saturated carbocycles. The van der Waals surface area contributed by atoms with Crippen molar-refractivity contribution in [2.24, 2.45) is 5.92 Å². The molecule has 0 amide bonds. The Morgan fingerprint density at radius 1 is 1.13 bits per heavy atom. The van der Waals surface area contributed by atoms with Crippen LogP contribution in [0.4, 0.5) is 0 Å². The Morgan fingerprint density at radius 3 is 2.77 bits per heavy atom. The highest BCUT2D eigenvalue weighted by molar-refractivity contribution is 6.31. The number of hydrogen-bond donors (Lipinski definition) is 2. The first-order valence-corrected chi connectivity index (χ1v) is 10.9. The zero-order valence-corrected chi connectivity index (χ0v) is 17.8. The normalized spacial score (nSPS) is 15.3.